The molecule has 2 aromatic rings. The number of nitrogens with one attached hydrogen (secondary N) is 1. The average Bonchev–Trinajstić information content (AvgIpc) is 2.67. The van der Waals surface area contributed by atoms with Crippen LogP contribution in [-0.2, 0) is 15.3 Å². The highest BCUT2D eigenvalue weighted by Gasteiger charge is 2.12. The molecule has 2 aromatic carbocycles. The number of hydrogen-bond acceptors (Lipinski definition) is 3. The van der Waals surface area contributed by atoms with E-state index >= 15 is 0 Å². The van der Waals surface area contributed by atoms with E-state index in [1.807, 2.05) is 43.3 Å². The molecule has 2 unspecified atom stereocenters. The van der Waals surface area contributed by atoms with E-state index in [9.17, 15) is 4.79 Å². The molecule has 0 aliphatic heterocycles. The summed E-state index contributed by atoms with van der Waals surface area (Å²) in [5.41, 5.74) is 2.42. The Balaban J connectivity index is 1.57. The van der Waals surface area contributed by atoms with Crippen LogP contribution in [0.2, 0.25) is 0 Å². The second-order valence-corrected chi connectivity index (χ2v) is 7.34. The third-order valence-corrected chi connectivity index (χ3v) is 5.18. The monoisotopic (exact) mass is 357 g/mol. The van der Waals surface area contributed by atoms with Gasteiger partial charge in [0.05, 0.1) is 11.4 Å². The number of amides is 1. The van der Waals surface area contributed by atoms with Gasteiger partial charge in [-0.3, -0.25) is 4.79 Å². The van der Waals surface area contributed by atoms with E-state index < -0.39 is 0 Å². The molecule has 0 bridgehead atoms. The molecule has 0 spiro atoms. The van der Waals surface area contributed by atoms with Crippen LogP contribution in [0.3, 0.4) is 0 Å². The maximum Gasteiger partial charge on any atom is 0.232 e. The van der Waals surface area contributed by atoms with Crippen molar-refractivity contribution in [2.45, 2.75) is 37.4 Å². The van der Waals surface area contributed by atoms with Crippen LogP contribution < -0.4 is 5.32 Å². The summed E-state index contributed by atoms with van der Waals surface area (Å²) < 4.78 is 5.82. The van der Waals surface area contributed by atoms with Crippen molar-refractivity contribution < 1.29 is 9.53 Å². The van der Waals surface area contributed by atoms with Gasteiger partial charge in [-0.2, -0.15) is 0 Å². The van der Waals surface area contributed by atoms with E-state index in [0.717, 1.165) is 12.2 Å². The Kier molecular flexibility index (Phi) is 8.56. The number of hydrogen-bond donors (Lipinski definition) is 1. The Morgan fingerprint density at radius 1 is 1.04 bits per heavy atom. The molecule has 1 N–H and O–H groups in total. The summed E-state index contributed by atoms with van der Waals surface area (Å²) in [6.07, 6.45) is 0.899. The molecular formula is C21H27NO2S. The molecule has 3 nitrogen and oxygen atoms in total. The van der Waals surface area contributed by atoms with Gasteiger partial charge in [0.2, 0.25) is 5.91 Å². The Bertz CT molecular complexity index is 618. The number of carbonyl (C=O) groups is 1. The van der Waals surface area contributed by atoms with E-state index in [4.69, 9.17) is 4.74 Å². The predicted molar refractivity (Wildman–Crippen MR) is 106 cm³/mol. The van der Waals surface area contributed by atoms with Crippen molar-refractivity contribution in [2.75, 3.05) is 13.2 Å². The van der Waals surface area contributed by atoms with Crippen molar-refractivity contribution in [3.63, 3.8) is 0 Å². The predicted octanol–water partition coefficient (Wildman–Crippen LogP) is 4.59. The van der Waals surface area contributed by atoms with E-state index in [0.29, 0.717) is 13.2 Å². The number of carbonyl (C=O) groups excluding carboxylic acids is 1. The van der Waals surface area contributed by atoms with Crippen LogP contribution in [0.4, 0.5) is 0 Å². The summed E-state index contributed by atoms with van der Waals surface area (Å²) in [6, 6.07) is 20.4. The van der Waals surface area contributed by atoms with Crippen molar-refractivity contribution in [2.24, 2.45) is 0 Å². The largest absolute Gasteiger partial charge is 0.374 e. The zero-order valence-electron chi connectivity index (χ0n) is 15.0. The van der Waals surface area contributed by atoms with Crippen LogP contribution >= 0.6 is 11.8 Å². The van der Waals surface area contributed by atoms with E-state index in [1.165, 1.54) is 11.1 Å². The Morgan fingerprint density at radius 2 is 1.68 bits per heavy atom. The minimum atomic E-state index is -0.0515. The molecule has 0 saturated heterocycles. The first kappa shape index (κ1) is 19.5. The molecule has 25 heavy (non-hydrogen) atoms. The van der Waals surface area contributed by atoms with Crippen LogP contribution in [0.5, 0.6) is 0 Å². The molecule has 2 atom stereocenters. The topological polar surface area (TPSA) is 38.3 Å². The molecular weight excluding hydrogens is 330 g/mol. The van der Waals surface area contributed by atoms with E-state index in [-0.39, 0.29) is 17.3 Å². The van der Waals surface area contributed by atoms with Gasteiger partial charge in [0, 0.05) is 18.9 Å². The van der Waals surface area contributed by atoms with Gasteiger partial charge in [0.1, 0.15) is 0 Å². The van der Waals surface area contributed by atoms with E-state index in [1.54, 1.807) is 11.8 Å². The zero-order valence-corrected chi connectivity index (χ0v) is 15.8. The standard InChI is InChI=1S/C21H27NO2S/c1-17(20-12-7-4-8-13-20)24-15-9-14-22-21(23)18(2)25-16-19-10-5-3-6-11-19/h3-8,10-13,17-18H,9,14-16H2,1-2H3,(H,22,23). The SMILES string of the molecule is CC(SCc1ccccc1)C(=O)NCCCOC(C)c1ccccc1. The smallest absolute Gasteiger partial charge is 0.232 e. The van der Waals surface area contributed by atoms with Crippen LogP contribution in [0.1, 0.15) is 37.5 Å². The molecule has 1 amide bonds. The highest BCUT2D eigenvalue weighted by atomic mass is 32.2. The van der Waals surface area contributed by atoms with Gasteiger partial charge in [-0.05, 0) is 31.4 Å². The number of rotatable bonds is 10. The Hall–Kier alpha value is -1.78. The first-order valence-electron chi connectivity index (χ1n) is 8.76. The minimum absolute atomic E-state index is 0.0515. The van der Waals surface area contributed by atoms with Crippen molar-refractivity contribution in [1.29, 1.82) is 0 Å². The highest BCUT2D eigenvalue weighted by molar-refractivity contribution is 7.99. The second-order valence-electron chi connectivity index (χ2n) is 6.01. The van der Waals surface area contributed by atoms with E-state index in [2.05, 4.69) is 36.5 Å². The van der Waals surface area contributed by atoms with Gasteiger partial charge in [0.25, 0.3) is 0 Å². The third-order valence-electron chi connectivity index (χ3n) is 3.97. The lowest BCUT2D eigenvalue weighted by molar-refractivity contribution is -0.120. The highest BCUT2D eigenvalue weighted by Crippen LogP contribution is 2.18. The number of benzene rings is 2. The average molecular weight is 358 g/mol. The fourth-order valence-corrected chi connectivity index (χ4v) is 3.25. The van der Waals surface area contributed by atoms with Crippen LogP contribution in [0.15, 0.2) is 60.7 Å². The normalized spacial score (nSPS) is 13.2. The molecule has 0 aromatic heterocycles. The third kappa shape index (κ3) is 7.32. The lowest BCUT2D eigenvalue weighted by Crippen LogP contribution is -2.32. The van der Waals surface area contributed by atoms with Gasteiger partial charge in [-0.1, -0.05) is 60.7 Å². The van der Waals surface area contributed by atoms with Crippen LogP contribution in [0, 0.1) is 0 Å². The zero-order chi connectivity index (χ0) is 17.9. The molecule has 0 aliphatic carbocycles. The van der Waals surface area contributed by atoms with Crippen molar-refractivity contribution in [3.05, 3.63) is 71.8 Å². The van der Waals surface area contributed by atoms with Crippen molar-refractivity contribution in [3.8, 4) is 0 Å². The Labute approximate surface area is 155 Å². The molecule has 0 heterocycles. The van der Waals surface area contributed by atoms with Crippen LogP contribution in [0.25, 0.3) is 0 Å². The maximum absolute atomic E-state index is 12.1. The molecule has 0 saturated carbocycles. The summed E-state index contributed by atoms with van der Waals surface area (Å²) >= 11 is 1.66. The van der Waals surface area contributed by atoms with Gasteiger partial charge >= 0.3 is 0 Å². The first-order chi connectivity index (χ1) is 12.2. The van der Waals surface area contributed by atoms with Gasteiger partial charge < -0.3 is 10.1 Å². The first-order valence-corrected chi connectivity index (χ1v) is 9.81. The molecule has 0 aliphatic rings. The fraction of sp³-hybridized carbons (Fsp3) is 0.381. The summed E-state index contributed by atoms with van der Waals surface area (Å²) in [6.45, 7) is 5.30. The summed E-state index contributed by atoms with van der Waals surface area (Å²) in [4.78, 5) is 12.1. The minimum Gasteiger partial charge on any atom is -0.374 e. The van der Waals surface area contributed by atoms with Gasteiger partial charge in [0.15, 0.2) is 0 Å². The fourth-order valence-electron chi connectivity index (χ4n) is 2.38. The summed E-state index contributed by atoms with van der Waals surface area (Å²) in [5, 5.41) is 2.94. The number of ether oxygens (including phenoxy) is 1. The lowest BCUT2D eigenvalue weighted by atomic mass is 10.1. The molecule has 0 fully saturated rings. The molecule has 2 rings (SSSR count). The second kappa shape index (κ2) is 11.0. The van der Waals surface area contributed by atoms with Gasteiger partial charge in [-0.25, -0.2) is 0 Å². The molecule has 0 radical (unpaired) electrons. The molecule has 134 valence electrons. The maximum atomic E-state index is 12.1. The summed E-state index contributed by atoms with van der Waals surface area (Å²) in [7, 11) is 0. The number of thioether (sulfide) groups is 1. The van der Waals surface area contributed by atoms with Crippen molar-refractivity contribution in [1.82, 2.24) is 5.32 Å². The molecule has 4 heteroatoms. The van der Waals surface area contributed by atoms with Crippen molar-refractivity contribution >= 4 is 17.7 Å². The summed E-state index contributed by atoms with van der Waals surface area (Å²) in [5.74, 6) is 0.949. The lowest BCUT2D eigenvalue weighted by Gasteiger charge is -2.14. The quantitative estimate of drug-likeness (QED) is 0.632. The van der Waals surface area contributed by atoms with Gasteiger partial charge in [-0.15, -0.1) is 11.8 Å². The Morgan fingerprint density at radius 3 is 2.36 bits per heavy atom. The van der Waals surface area contributed by atoms with Crippen LogP contribution in [-0.4, -0.2) is 24.3 Å².